The second-order valence-corrected chi connectivity index (χ2v) is 18.4. The van der Waals surface area contributed by atoms with Crippen molar-refractivity contribution < 1.29 is 59.7 Å². The number of nitrogens with two attached hydrogens (primary N) is 1. The highest BCUT2D eigenvalue weighted by molar-refractivity contribution is 6.13. The standard InChI is InChI=1S/C44H78B3N7O12/c1-24-42(60)36(45)39(51-27(4)55)32(64-24)14-8-7-13-30(21-63-23-50-22-48)31(58)20-54(18-12-10-16-34-41(53-29(6)57)38(47)44(62)26(3)66-34)35(59)19-49-17-11-9-15-33-40(52-28(5)56)37(46)43(61)25(2)65-33/h24-26,30,32-34,36-44,49-50,60-62H,7-23,48H2,1-6H3,(H,51,55)(H,52,56)(H,53,57)/t24-,25-,26+,30?,32-,33-,34+,36-,37-,38+,39+,40+,41-,42+,43+,44-/m1/s1/i/hT. The van der Waals surface area contributed by atoms with Crippen LogP contribution < -0.4 is 32.3 Å². The Labute approximate surface area is 397 Å². The molecule has 10 N–H and O–H groups in total. The van der Waals surface area contributed by atoms with E-state index in [-0.39, 0.29) is 69.7 Å². The van der Waals surface area contributed by atoms with Crippen molar-refractivity contribution in [3.63, 3.8) is 0 Å². The van der Waals surface area contributed by atoms with Gasteiger partial charge in [-0.15, -0.1) is 0 Å². The van der Waals surface area contributed by atoms with Crippen LogP contribution in [0.25, 0.3) is 0 Å². The van der Waals surface area contributed by atoms with E-state index in [1.807, 2.05) is 0 Å². The van der Waals surface area contributed by atoms with Gasteiger partial charge < -0.3 is 66.2 Å². The number of rotatable bonds is 28. The number of unbranched alkanes of at least 4 members (excludes halogenated alkanes) is 3. The van der Waals surface area contributed by atoms with Crippen LogP contribution in [0.15, 0.2) is 0 Å². The minimum Gasteiger partial charge on any atom is -0.391 e. The molecule has 370 valence electrons. The topological polar surface area (TPSA) is 272 Å². The molecule has 3 heterocycles. The zero-order chi connectivity index (χ0) is 50.0. The lowest BCUT2D eigenvalue weighted by molar-refractivity contribution is -0.138. The maximum atomic E-state index is 14.2. The number of ketones is 1. The highest BCUT2D eigenvalue weighted by atomic mass is 16.5. The maximum absolute atomic E-state index is 14.2. The molecule has 3 fully saturated rings. The molecular weight excluding hydrogens is 851 g/mol. The van der Waals surface area contributed by atoms with Gasteiger partial charge in [0.15, 0.2) is 5.78 Å². The van der Waals surface area contributed by atoms with Crippen LogP contribution >= 0.6 is 0 Å². The van der Waals surface area contributed by atoms with Crippen molar-refractivity contribution in [2.24, 2.45) is 11.7 Å². The molecule has 16 atom stereocenters. The van der Waals surface area contributed by atoms with Gasteiger partial charge in [0.05, 0.1) is 123 Å². The van der Waals surface area contributed by atoms with Crippen LogP contribution in [0.5, 0.6) is 0 Å². The van der Waals surface area contributed by atoms with E-state index in [4.69, 9.17) is 49.6 Å². The number of carbonyl (C=O) groups excluding carboxylic acids is 5. The normalized spacial score (nSPS) is 33.1. The molecular formula is C44H78B3N7O12. The van der Waals surface area contributed by atoms with Crippen molar-refractivity contribution in [3.8, 4) is 0 Å². The Hall–Kier alpha value is -2.66. The van der Waals surface area contributed by atoms with Crippen LogP contribution in [0.4, 0.5) is 0 Å². The fourth-order valence-electron chi connectivity index (χ4n) is 9.16. The molecule has 0 saturated carbocycles. The number of hydrogen-bond acceptors (Lipinski definition) is 15. The number of ether oxygens (including phenoxy) is 4. The van der Waals surface area contributed by atoms with Gasteiger partial charge >= 0.3 is 0 Å². The van der Waals surface area contributed by atoms with E-state index >= 15 is 0 Å². The second kappa shape index (κ2) is 29.4. The van der Waals surface area contributed by atoms with E-state index in [1.165, 1.54) is 25.7 Å². The van der Waals surface area contributed by atoms with Gasteiger partial charge in [-0.05, 0) is 96.1 Å². The molecule has 3 aliphatic heterocycles. The summed E-state index contributed by atoms with van der Waals surface area (Å²) in [5, 5.41) is 43.9. The molecule has 1 unspecified atom stereocenters. The first-order valence-corrected chi connectivity index (χ1v) is 23.8. The number of aliphatic hydroxyl groups excluding tert-OH is 3. The molecule has 0 bridgehead atoms. The molecule has 4 amide bonds. The monoisotopic (exact) mass is 932 g/mol. The number of nitrogens with zero attached hydrogens (tertiary/aromatic N) is 1. The summed E-state index contributed by atoms with van der Waals surface area (Å²) in [4.78, 5) is 65.6. The number of Topliss-reactive ketones (excluding diaryl/α,β-unsaturated/α-hetero) is 1. The lowest BCUT2D eigenvalue weighted by atomic mass is 9.70. The fraction of sp³-hybridized carbons (Fsp3) is 0.886. The molecule has 0 aromatic heterocycles. The molecule has 22 heteroatoms. The van der Waals surface area contributed by atoms with Crippen LogP contribution in [0.1, 0.15) is 106 Å². The Morgan fingerprint density at radius 1 is 0.697 bits per heavy atom. The fourth-order valence-corrected chi connectivity index (χ4v) is 9.16. The average molecular weight is 932 g/mol. The minimum atomic E-state index is -0.974. The Balaban J connectivity index is 1.70. The summed E-state index contributed by atoms with van der Waals surface area (Å²) in [6.07, 6.45) is -0.763. The minimum absolute atomic E-state index is 0.0605. The largest absolute Gasteiger partial charge is 0.391 e. The Bertz CT molecular complexity index is 1550. The number of carbonyl (C=O) groups is 5. The van der Waals surface area contributed by atoms with Crippen molar-refractivity contribution in [1.82, 2.24) is 31.5 Å². The lowest BCUT2D eigenvalue weighted by Crippen LogP contribution is -2.57. The van der Waals surface area contributed by atoms with Gasteiger partial charge in [0.25, 0.3) is 0 Å². The van der Waals surface area contributed by atoms with Gasteiger partial charge in [-0.3, -0.25) is 29.3 Å². The molecule has 3 saturated heterocycles. The molecule has 66 heavy (non-hydrogen) atoms. The van der Waals surface area contributed by atoms with Gasteiger partial charge in [0, 0.05) is 39.9 Å². The van der Waals surface area contributed by atoms with Crippen molar-refractivity contribution in [2.45, 2.75) is 196 Å². The molecule has 3 rings (SSSR count). The highest BCUT2D eigenvalue weighted by Gasteiger charge is 2.43. The van der Waals surface area contributed by atoms with Crippen LogP contribution in [0, 0.1) is 5.92 Å². The number of amides is 4. The molecule has 0 aliphatic carbocycles. The smallest absolute Gasteiger partial charge is 0.236 e. The van der Waals surface area contributed by atoms with Crippen molar-refractivity contribution >= 4 is 53.0 Å². The summed E-state index contributed by atoms with van der Waals surface area (Å²) in [7, 11) is 18.9. The van der Waals surface area contributed by atoms with Crippen molar-refractivity contribution in [2.75, 3.05) is 46.2 Å². The van der Waals surface area contributed by atoms with E-state index in [2.05, 4.69) is 21.3 Å². The third-order valence-electron chi connectivity index (χ3n) is 12.9. The van der Waals surface area contributed by atoms with E-state index in [1.54, 1.807) is 20.8 Å². The molecule has 0 spiro atoms. The third kappa shape index (κ3) is 18.3. The summed E-state index contributed by atoms with van der Waals surface area (Å²) in [6, 6.07) is -1.81. The van der Waals surface area contributed by atoms with E-state index in [9.17, 15) is 39.3 Å². The Morgan fingerprint density at radius 3 is 1.55 bits per heavy atom. The SMILES string of the molecule is [3H]N(CCCC[C@H]1O[C@H](C)[C@H](O)[C@H]([B])[C@H]1NC(C)=O)CC(=O)N(CCCC[C@@H]1O[C@@H](C)[C@@H](O)[C@@H]([B])[C@@H]1NC(C)=O)CC(=O)C(CCCC[C@H]1O[C@H](C)[C@H](O)[C@H]([B])[C@H]1NC(C)=O)COCNCN. The van der Waals surface area contributed by atoms with E-state index in [0.717, 1.165) is 5.31 Å². The Kier molecular flexibility index (Phi) is 24.9. The predicted octanol–water partition coefficient (Wildman–Crippen LogP) is -1.20. The highest BCUT2D eigenvalue weighted by Crippen LogP contribution is 2.33. The van der Waals surface area contributed by atoms with Crippen molar-refractivity contribution in [3.05, 3.63) is 0 Å². The van der Waals surface area contributed by atoms with Crippen LogP contribution in [-0.2, 0) is 42.9 Å². The van der Waals surface area contributed by atoms with Gasteiger partial charge in [-0.2, -0.15) is 0 Å². The van der Waals surface area contributed by atoms with Crippen LogP contribution in [-0.4, -0.2) is 192 Å². The number of aliphatic hydroxyl groups is 3. The maximum Gasteiger partial charge on any atom is 0.236 e. The first kappa shape index (κ1) is 55.9. The van der Waals surface area contributed by atoms with E-state index in [0.29, 0.717) is 64.2 Å². The summed E-state index contributed by atoms with van der Waals surface area (Å²) in [5.74, 6) is -4.33. The molecule has 3 aliphatic rings. The number of nitrogens with one attached hydrogen (secondary N) is 5. The third-order valence-corrected chi connectivity index (χ3v) is 12.9. The van der Waals surface area contributed by atoms with Crippen LogP contribution in [0.2, 0.25) is 18.9 Å². The second-order valence-electron chi connectivity index (χ2n) is 18.4. The van der Waals surface area contributed by atoms with Crippen molar-refractivity contribution in [1.29, 1.82) is 0 Å². The van der Waals surface area contributed by atoms with Gasteiger partial charge in [0.2, 0.25) is 23.6 Å². The Morgan fingerprint density at radius 2 is 1.12 bits per heavy atom. The summed E-state index contributed by atoms with van der Waals surface area (Å²) in [6.45, 7) is 9.51. The first-order chi connectivity index (χ1) is 31.7. The van der Waals surface area contributed by atoms with Gasteiger partial charge in [-0.1, -0.05) is 12.8 Å². The number of hydrogen-bond donors (Lipinski definition) is 9. The molecule has 6 radical (unpaired) electrons. The lowest BCUT2D eigenvalue weighted by Gasteiger charge is -2.43. The molecule has 0 aromatic carbocycles. The average Bonchev–Trinajstić information content (AvgIpc) is 3.26. The van der Waals surface area contributed by atoms with Gasteiger partial charge in [0.1, 0.15) is 1.41 Å². The quantitative estimate of drug-likeness (QED) is 0.0254. The van der Waals surface area contributed by atoms with Gasteiger partial charge in [-0.25, -0.2) is 0 Å². The predicted molar refractivity (Wildman–Crippen MR) is 249 cm³/mol. The summed E-state index contributed by atoms with van der Waals surface area (Å²) in [5.41, 5.74) is 5.58. The summed E-state index contributed by atoms with van der Waals surface area (Å²) >= 11 is 0. The zero-order valence-corrected chi connectivity index (χ0v) is 40.0. The molecule has 0 aromatic rings. The molecule has 19 nitrogen and oxygen atoms in total. The first-order valence-electron chi connectivity index (χ1n) is 24.2. The van der Waals surface area contributed by atoms with Crippen LogP contribution in [0.3, 0.4) is 0 Å². The van der Waals surface area contributed by atoms with E-state index < -0.39 is 102 Å². The zero-order valence-electron chi connectivity index (χ0n) is 41.0. The summed E-state index contributed by atoms with van der Waals surface area (Å²) < 4.78 is 32.6.